The van der Waals surface area contributed by atoms with Crippen LogP contribution in [-0.2, 0) is 9.47 Å². The maximum absolute atomic E-state index is 12.3. The molecule has 3 heterocycles. The van der Waals surface area contributed by atoms with Gasteiger partial charge in [0.2, 0.25) is 0 Å². The lowest BCUT2D eigenvalue weighted by molar-refractivity contribution is -0.169. The lowest BCUT2D eigenvalue weighted by Crippen LogP contribution is -2.45. The fourth-order valence-corrected chi connectivity index (χ4v) is 3.51. The van der Waals surface area contributed by atoms with E-state index in [0.717, 1.165) is 37.2 Å². The number of nitrogens with zero attached hydrogens (tertiary/aromatic N) is 2. The number of carbonyl (C=O) groups excluding carboxylic acids is 1. The lowest BCUT2D eigenvalue weighted by atomic mass is 10.0. The van der Waals surface area contributed by atoms with E-state index in [2.05, 4.69) is 15.2 Å². The number of aromatic nitrogens is 1. The first-order chi connectivity index (χ1) is 12.6. The molecule has 0 aliphatic carbocycles. The van der Waals surface area contributed by atoms with Gasteiger partial charge in [0.05, 0.1) is 25.1 Å². The fraction of sp³-hybridized carbons (Fsp3) is 0.400. The van der Waals surface area contributed by atoms with Crippen LogP contribution in [0, 0.1) is 6.92 Å². The molecule has 0 unspecified atom stereocenters. The normalized spacial score (nSPS) is 18.9. The van der Waals surface area contributed by atoms with Crippen molar-refractivity contribution in [3.05, 3.63) is 53.7 Å². The summed E-state index contributed by atoms with van der Waals surface area (Å²) in [5, 5.41) is 2.85. The quantitative estimate of drug-likeness (QED) is 0.919. The molecule has 1 amide bonds. The standard InChI is InChI=1S/C20H23N3O3/c1-15-3-2-4-16(13-15)19(24)22-18-6-5-17(14-21-18)23-9-7-20(8-10-23)25-11-12-26-20/h2-6,13-14H,7-12H2,1H3,(H,21,22,24). The molecule has 2 aliphatic rings. The summed E-state index contributed by atoms with van der Waals surface area (Å²) in [5.41, 5.74) is 2.74. The first-order valence-electron chi connectivity index (χ1n) is 9.01. The first kappa shape index (κ1) is 17.0. The van der Waals surface area contributed by atoms with E-state index in [4.69, 9.17) is 9.47 Å². The second kappa shape index (κ2) is 7.05. The Balaban J connectivity index is 1.37. The van der Waals surface area contributed by atoms with Gasteiger partial charge in [0.25, 0.3) is 5.91 Å². The number of ether oxygens (including phenoxy) is 2. The number of piperidine rings is 1. The van der Waals surface area contributed by atoms with E-state index in [-0.39, 0.29) is 11.7 Å². The number of hydrogen-bond donors (Lipinski definition) is 1. The Kier molecular flexibility index (Phi) is 4.61. The molecule has 2 fully saturated rings. The van der Waals surface area contributed by atoms with Crippen LogP contribution in [0.25, 0.3) is 0 Å². The minimum absolute atomic E-state index is 0.149. The number of hydrogen-bond acceptors (Lipinski definition) is 5. The summed E-state index contributed by atoms with van der Waals surface area (Å²) < 4.78 is 11.5. The third-order valence-corrected chi connectivity index (χ3v) is 4.97. The number of nitrogens with one attached hydrogen (secondary N) is 1. The molecule has 4 rings (SSSR count). The van der Waals surface area contributed by atoms with E-state index in [1.807, 2.05) is 37.3 Å². The van der Waals surface area contributed by atoms with Crippen molar-refractivity contribution in [1.29, 1.82) is 0 Å². The number of rotatable bonds is 3. The Morgan fingerprint density at radius 3 is 2.58 bits per heavy atom. The van der Waals surface area contributed by atoms with Crippen molar-refractivity contribution < 1.29 is 14.3 Å². The second-order valence-corrected chi connectivity index (χ2v) is 6.82. The van der Waals surface area contributed by atoms with Crippen molar-refractivity contribution in [2.45, 2.75) is 25.6 Å². The maximum atomic E-state index is 12.3. The highest BCUT2D eigenvalue weighted by Gasteiger charge is 2.39. The SMILES string of the molecule is Cc1cccc(C(=O)Nc2ccc(N3CCC4(CC3)OCCO4)cn2)c1. The molecule has 0 saturated carbocycles. The molecule has 136 valence electrons. The maximum Gasteiger partial charge on any atom is 0.256 e. The molecule has 1 aromatic carbocycles. The van der Waals surface area contributed by atoms with Gasteiger partial charge in [-0.05, 0) is 31.2 Å². The van der Waals surface area contributed by atoms with Crippen LogP contribution >= 0.6 is 0 Å². The molecule has 6 nitrogen and oxygen atoms in total. The summed E-state index contributed by atoms with van der Waals surface area (Å²) in [7, 11) is 0. The number of carbonyl (C=O) groups is 1. The molecule has 0 atom stereocenters. The van der Waals surface area contributed by atoms with E-state index in [1.165, 1.54) is 0 Å². The molecule has 0 bridgehead atoms. The van der Waals surface area contributed by atoms with Gasteiger partial charge in [0, 0.05) is 31.5 Å². The minimum Gasteiger partial charge on any atom is -0.370 e. The van der Waals surface area contributed by atoms with Crippen molar-refractivity contribution in [2.24, 2.45) is 0 Å². The average Bonchev–Trinajstić information content (AvgIpc) is 3.11. The van der Waals surface area contributed by atoms with Gasteiger partial charge in [-0.15, -0.1) is 0 Å². The monoisotopic (exact) mass is 353 g/mol. The van der Waals surface area contributed by atoms with Crippen LogP contribution in [0.15, 0.2) is 42.6 Å². The van der Waals surface area contributed by atoms with Gasteiger partial charge in [0.1, 0.15) is 5.82 Å². The Hall–Kier alpha value is -2.44. The molecule has 2 aromatic rings. The molecule has 0 radical (unpaired) electrons. The van der Waals surface area contributed by atoms with Crippen LogP contribution in [0.2, 0.25) is 0 Å². The highest BCUT2D eigenvalue weighted by Crippen LogP contribution is 2.33. The molecule has 1 spiro atoms. The van der Waals surface area contributed by atoms with Gasteiger partial charge < -0.3 is 19.7 Å². The topological polar surface area (TPSA) is 63.7 Å². The lowest BCUT2D eigenvalue weighted by Gasteiger charge is -2.38. The smallest absolute Gasteiger partial charge is 0.256 e. The number of aryl methyl sites for hydroxylation is 1. The molecule has 26 heavy (non-hydrogen) atoms. The second-order valence-electron chi connectivity index (χ2n) is 6.82. The first-order valence-corrected chi connectivity index (χ1v) is 9.01. The van der Waals surface area contributed by atoms with E-state index >= 15 is 0 Å². The molecule has 2 aliphatic heterocycles. The number of pyridine rings is 1. The average molecular weight is 353 g/mol. The predicted octanol–water partition coefficient (Wildman–Crippen LogP) is 2.99. The highest BCUT2D eigenvalue weighted by molar-refractivity contribution is 6.03. The van der Waals surface area contributed by atoms with Crippen molar-refractivity contribution in [3.8, 4) is 0 Å². The zero-order chi connectivity index (χ0) is 18.0. The van der Waals surface area contributed by atoms with Gasteiger partial charge in [-0.3, -0.25) is 4.79 Å². The van der Waals surface area contributed by atoms with Crippen molar-refractivity contribution in [1.82, 2.24) is 4.98 Å². The predicted molar refractivity (Wildman–Crippen MR) is 99.5 cm³/mol. The van der Waals surface area contributed by atoms with Crippen LogP contribution in [0.3, 0.4) is 0 Å². The summed E-state index contributed by atoms with van der Waals surface area (Å²) in [4.78, 5) is 19.0. The highest BCUT2D eigenvalue weighted by atomic mass is 16.7. The van der Waals surface area contributed by atoms with Crippen LogP contribution in [0.4, 0.5) is 11.5 Å². The van der Waals surface area contributed by atoms with Crippen LogP contribution in [0.1, 0.15) is 28.8 Å². The third kappa shape index (κ3) is 3.57. The molecule has 1 aromatic heterocycles. The Morgan fingerprint density at radius 2 is 1.92 bits per heavy atom. The van der Waals surface area contributed by atoms with Gasteiger partial charge in [-0.1, -0.05) is 17.7 Å². The number of benzene rings is 1. The number of amides is 1. The van der Waals surface area contributed by atoms with Crippen molar-refractivity contribution >= 4 is 17.4 Å². The Morgan fingerprint density at radius 1 is 1.15 bits per heavy atom. The summed E-state index contributed by atoms with van der Waals surface area (Å²) in [6, 6.07) is 11.3. The van der Waals surface area contributed by atoms with Gasteiger partial charge in [-0.25, -0.2) is 4.98 Å². The third-order valence-electron chi connectivity index (χ3n) is 4.97. The zero-order valence-electron chi connectivity index (χ0n) is 14.9. The molecule has 2 saturated heterocycles. The van der Waals surface area contributed by atoms with Crippen molar-refractivity contribution in [3.63, 3.8) is 0 Å². The van der Waals surface area contributed by atoms with E-state index in [1.54, 1.807) is 12.3 Å². The van der Waals surface area contributed by atoms with Gasteiger partial charge in [0.15, 0.2) is 5.79 Å². The molecular weight excluding hydrogens is 330 g/mol. The van der Waals surface area contributed by atoms with Crippen LogP contribution in [-0.4, -0.2) is 43.0 Å². The summed E-state index contributed by atoms with van der Waals surface area (Å²) >= 11 is 0. The summed E-state index contributed by atoms with van der Waals surface area (Å²) in [6.07, 6.45) is 3.53. The Bertz CT molecular complexity index is 775. The van der Waals surface area contributed by atoms with E-state index in [0.29, 0.717) is 24.6 Å². The molecule has 6 heteroatoms. The summed E-state index contributed by atoms with van der Waals surface area (Å²) in [5.74, 6) is 0.0339. The van der Waals surface area contributed by atoms with Crippen LogP contribution < -0.4 is 10.2 Å². The van der Waals surface area contributed by atoms with E-state index < -0.39 is 0 Å². The van der Waals surface area contributed by atoms with E-state index in [9.17, 15) is 4.79 Å². The van der Waals surface area contributed by atoms with Gasteiger partial charge >= 0.3 is 0 Å². The fourth-order valence-electron chi connectivity index (χ4n) is 3.51. The summed E-state index contributed by atoms with van der Waals surface area (Å²) in [6.45, 7) is 5.09. The molecular formula is C20H23N3O3. The number of anilines is 2. The van der Waals surface area contributed by atoms with Crippen LogP contribution in [0.5, 0.6) is 0 Å². The largest absolute Gasteiger partial charge is 0.370 e. The van der Waals surface area contributed by atoms with Crippen molar-refractivity contribution in [2.75, 3.05) is 36.5 Å². The minimum atomic E-state index is -0.369. The molecule has 1 N–H and O–H groups in total. The Labute approximate surface area is 153 Å². The van der Waals surface area contributed by atoms with Gasteiger partial charge in [-0.2, -0.15) is 0 Å². The zero-order valence-corrected chi connectivity index (χ0v) is 14.9.